The third-order valence-corrected chi connectivity index (χ3v) is 12.4. The van der Waals surface area contributed by atoms with Gasteiger partial charge in [-0.3, -0.25) is 9.55 Å². The molecule has 0 aliphatic carbocycles. The molecule has 0 fully saturated rings. The van der Waals surface area contributed by atoms with Crippen molar-refractivity contribution >= 4 is 71.6 Å². The molecule has 5 nitrogen and oxygen atoms in total. The summed E-state index contributed by atoms with van der Waals surface area (Å²) >= 11 is 0. The number of nitrogens with zero attached hydrogens (tertiary/aromatic N) is 5. The number of aromatic nitrogens is 4. The van der Waals surface area contributed by atoms with Crippen LogP contribution < -0.4 is 4.90 Å². The zero-order chi connectivity index (χ0) is 38.5. The normalized spacial score (nSPS) is 13.4. The highest BCUT2D eigenvalue weighted by Crippen LogP contribution is 2.54. The summed E-state index contributed by atoms with van der Waals surface area (Å²) in [6.45, 7) is 4.73. The fourth-order valence-corrected chi connectivity index (χ4v) is 9.73. The third kappa shape index (κ3) is 4.64. The third-order valence-electron chi connectivity index (χ3n) is 12.4. The number of hydrogen-bond acceptors (Lipinski definition) is 3. The number of rotatable bonds is 4. The number of benzene rings is 7. The van der Waals surface area contributed by atoms with Crippen LogP contribution in [0.1, 0.15) is 25.0 Å². The van der Waals surface area contributed by atoms with Gasteiger partial charge in [-0.1, -0.05) is 117 Å². The van der Waals surface area contributed by atoms with E-state index in [1.54, 1.807) is 0 Å². The van der Waals surface area contributed by atoms with Gasteiger partial charge in [-0.15, -0.1) is 0 Å². The molecule has 11 aromatic rings. The number of para-hydroxylation sites is 2. The second kappa shape index (κ2) is 12.2. The van der Waals surface area contributed by atoms with Gasteiger partial charge in [-0.05, 0) is 99.8 Å². The molecular weight excluding hydrogens is 707 g/mol. The molecule has 0 bridgehead atoms. The molecule has 58 heavy (non-hydrogen) atoms. The first-order valence-electron chi connectivity index (χ1n) is 19.9. The SMILES string of the molecule is CC1(C)c2ccc(-n3c4ccccc4c4ccncc43)cc2N(c2cc(-c3ccccc3)c3ccccc3c2)c2cc(-n3c4ccccc4c4cccnc43)ccc21. The van der Waals surface area contributed by atoms with Crippen LogP contribution in [0.25, 0.3) is 77.0 Å². The van der Waals surface area contributed by atoms with Gasteiger partial charge in [-0.25, -0.2) is 4.98 Å². The summed E-state index contributed by atoms with van der Waals surface area (Å²) in [5.41, 5.74) is 14.5. The largest absolute Gasteiger partial charge is 0.310 e. The molecule has 5 heteroatoms. The van der Waals surface area contributed by atoms with Crippen LogP contribution in [0.2, 0.25) is 0 Å². The minimum Gasteiger partial charge on any atom is -0.310 e. The molecular formula is C53H37N5. The highest BCUT2D eigenvalue weighted by atomic mass is 15.2. The zero-order valence-electron chi connectivity index (χ0n) is 32.1. The topological polar surface area (TPSA) is 38.9 Å². The van der Waals surface area contributed by atoms with Crippen molar-refractivity contribution in [3.63, 3.8) is 0 Å². The summed E-state index contributed by atoms with van der Waals surface area (Å²) in [7, 11) is 0. The fraction of sp³-hybridized carbons (Fsp3) is 0.0566. The van der Waals surface area contributed by atoms with Crippen LogP contribution in [0, 0.1) is 0 Å². The molecule has 1 aliphatic heterocycles. The molecule has 0 saturated carbocycles. The maximum Gasteiger partial charge on any atom is 0.145 e. The second-order valence-corrected chi connectivity index (χ2v) is 15.9. The van der Waals surface area contributed by atoms with E-state index >= 15 is 0 Å². The molecule has 5 heterocycles. The van der Waals surface area contributed by atoms with Crippen molar-refractivity contribution < 1.29 is 0 Å². The average Bonchev–Trinajstić information content (AvgIpc) is 3.79. The summed E-state index contributed by atoms with van der Waals surface area (Å²) in [6, 6.07) is 62.0. The Kier molecular flexibility index (Phi) is 6.91. The summed E-state index contributed by atoms with van der Waals surface area (Å²) in [6.07, 6.45) is 5.78. The lowest BCUT2D eigenvalue weighted by Gasteiger charge is -2.42. The quantitative estimate of drug-likeness (QED) is 0.180. The summed E-state index contributed by atoms with van der Waals surface area (Å²) in [5, 5.41) is 7.17. The van der Waals surface area contributed by atoms with Crippen molar-refractivity contribution in [3.05, 3.63) is 200 Å². The first kappa shape index (κ1) is 32.7. The van der Waals surface area contributed by atoms with E-state index in [1.807, 2.05) is 24.7 Å². The Morgan fingerprint density at radius 2 is 1.05 bits per heavy atom. The molecule has 7 aromatic carbocycles. The van der Waals surface area contributed by atoms with Gasteiger partial charge in [0.15, 0.2) is 0 Å². The summed E-state index contributed by atoms with van der Waals surface area (Å²) < 4.78 is 4.69. The molecule has 0 spiro atoms. The lowest BCUT2D eigenvalue weighted by Crippen LogP contribution is -2.31. The van der Waals surface area contributed by atoms with Crippen LogP contribution in [0.4, 0.5) is 17.1 Å². The number of hydrogen-bond donors (Lipinski definition) is 0. The lowest BCUT2D eigenvalue weighted by molar-refractivity contribution is 0.631. The Labute approximate surface area is 335 Å². The molecule has 1 aliphatic rings. The minimum atomic E-state index is -0.307. The Hall–Kier alpha value is -7.50. The van der Waals surface area contributed by atoms with Crippen LogP contribution in [0.15, 0.2) is 188 Å². The number of anilines is 3. The Bertz CT molecular complexity index is 3170. The second-order valence-electron chi connectivity index (χ2n) is 15.9. The Balaban J connectivity index is 1.17. The van der Waals surface area contributed by atoms with E-state index in [1.165, 1.54) is 49.2 Å². The highest BCUT2D eigenvalue weighted by Gasteiger charge is 2.38. The van der Waals surface area contributed by atoms with E-state index in [0.29, 0.717) is 0 Å². The molecule has 0 radical (unpaired) electrons. The fourth-order valence-electron chi connectivity index (χ4n) is 9.73. The summed E-state index contributed by atoms with van der Waals surface area (Å²) in [4.78, 5) is 12.1. The van der Waals surface area contributed by atoms with Crippen molar-refractivity contribution in [3.8, 4) is 22.5 Å². The molecule has 4 aromatic heterocycles. The smallest absolute Gasteiger partial charge is 0.145 e. The maximum absolute atomic E-state index is 4.96. The van der Waals surface area contributed by atoms with Gasteiger partial charge < -0.3 is 9.47 Å². The molecule has 0 atom stereocenters. The van der Waals surface area contributed by atoms with Crippen molar-refractivity contribution in [2.45, 2.75) is 19.3 Å². The molecule has 0 unspecified atom stereocenters. The molecule has 0 amide bonds. The van der Waals surface area contributed by atoms with Gasteiger partial charge >= 0.3 is 0 Å². The predicted molar refractivity (Wildman–Crippen MR) is 240 cm³/mol. The van der Waals surface area contributed by atoms with E-state index < -0.39 is 0 Å². The van der Waals surface area contributed by atoms with E-state index in [9.17, 15) is 0 Å². The van der Waals surface area contributed by atoms with E-state index in [2.05, 4.69) is 197 Å². The summed E-state index contributed by atoms with van der Waals surface area (Å²) in [5.74, 6) is 0. The van der Waals surface area contributed by atoms with Gasteiger partial charge in [0.1, 0.15) is 5.65 Å². The molecule has 0 N–H and O–H groups in total. The van der Waals surface area contributed by atoms with Gasteiger partial charge in [0, 0.05) is 56.4 Å². The van der Waals surface area contributed by atoms with Crippen molar-refractivity contribution in [1.82, 2.24) is 19.1 Å². The average molecular weight is 744 g/mol. The van der Waals surface area contributed by atoms with E-state index in [4.69, 9.17) is 4.98 Å². The van der Waals surface area contributed by atoms with Crippen LogP contribution in [-0.4, -0.2) is 19.1 Å². The van der Waals surface area contributed by atoms with Crippen LogP contribution >= 0.6 is 0 Å². The van der Waals surface area contributed by atoms with Crippen molar-refractivity contribution in [1.29, 1.82) is 0 Å². The lowest BCUT2D eigenvalue weighted by atomic mass is 9.73. The molecule has 274 valence electrons. The van der Waals surface area contributed by atoms with Crippen LogP contribution in [0.5, 0.6) is 0 Å². The zero-order valence-corrected chi connectivity index (χ0v) is 32.1. The van der Waals surface area contributed by atoms with E-state index in [0.717, 1.165) is 56.0 Å². The van der Waals surface area contributed by atoms with Crippen LogP contribution in [0.3, 0.4) is 0 Å². The molecule has 0 saturated heterocycles. The number of pyridine rings is 2. The number of fused-ring (bicyclic) bond motifs is 9. The minimum absolute atomic E-state index is 0.307. The monoisotopic (exact) mass is 743 g/mol. The van der Waals surface area contributed by atoms with Crippen molar-refractivity contribution in [2.75, 3.05) is 4.90 Å². The van der Waals surface area contributed by atoms with E-state index in [-0.39, 0.29) is 5.41 Å². The Morgan fingerprint density at radius 1 is 0.448 bits per heavy atom. The first-order chi connectivity index (χ1) is 28.5. The maximum atomic E-state index is 4.96. The van der Waals surface area contributed by atoms with Crippen molar-refractivity contribution in [2.24, 2.45) is 0 Å². The van der Waals surface area contributed by atoms with Gasteiger partial charge in [0.25, 0.3) is 0 Å². The Morgan fingerprint density at radius 3 is 1.81 bits per heavy atom. The molecule has 12 rings (SSSR count). The standard InChI is InChI=1S/C53H37N5/c1-53(2)45-24-22-36(56-47-20-10-8-17-40(47)42-26-28-54-33-51(42)56)31-49(45)57(38-29-35-15-6-7-16-39(35)44(30-38)34-13-4-3-5-14-34)50-32-37(23-25-46(50)53)58-48-21-11-9-18-41(48)43-19-12-27-55-52(43)58/h3-33H,1-2H3. The predicted octanol–water partition coefficient (Wildman–Crippen LogP) is 13.6. The first-order valence-corrected chi connectivity index (χ1v) is 19.9. The highest BCUT2D eigenvalue weighted by molar-refractivity contribution is 6.10. The van der Waals surface area contributed by atoms with Crippen LogP contribution in [-0.2, 0) is 5.41 Å². The van der Waals surface area contributed by atoms with Gasteiger partial charge in [0.2, 0.25) is 0 Å². The van der Waals surface area contributed by atoms with Gasteiger partial charge in [0.05, 0.1) is 34.1 Å². The van der Waals surface area contributed by atoms with Gasteiger partial charge in [-0.2, -0.15) is 0 Å².